The van der Waals surface area contributed by atoms with Gasteiger partial charge in [-0.1, -0.05) is 54.6 Å². The Morgan fingerprint density at radius 1 is 1.03 bits per heavy atom. The number of aryl methyl sites for hydroxylation is 2. The van der Waals surface area contributed by atoms with E-state index in [1.807, 2.05) is 62.4 Å². The number of carbonyl (C=O) groups excluding carboxylic acids is 2. The molecule has 1 heterocycles. The van der Waals surface area contributed by atoms with Crippen LogP contribution < -0.4 is 5.32 Å². The number of aromatic nitrogens is 1. The maximum Gasteiger partial charge on any atom is 0.341 e. The van der Waals surface area contributed by atoms with Crippen LogP contribution in [0.4, 0.5) is 5.69 Å². The smallest absolute Gasteiger partial charge is 0.341 e. The van der Waals surface area contributed by atoms with Gasteiger partial charge in [0.1, 0.15) is 5.03 Å². The number of hydrogen-bond acceptors (Lipinski definition) is 5. The highest BCUT2D eigenvalue weighted by atomic mass is 32.2. The Bertz CT molecular complexity index is 1000. The highest BCUT2D eigenvalue weighted by molar-refractivity contribution is 7.99. The fraction of sp³-hybridized carbons (Fsp3) is 0.174. The van der Waals surface area contributed by atoms with Crippen LogP contribution in [0.1, 0.15) is 28.4 Å². The van der Waals surface area contributed by atoms with Crippen molar-refractivity contribution in [2.45, 2.75) is 30.2 Å². The molecule has 1 amide bonds. The van der Waals surface area contributed by atoms with Gasteiger partial charge in [-0.3, -0.25) is 4.79 Å². The maximum absolute atomic E-state index is 12.5. The highest BCUT2D eigenvalue weighted by Gasteiger charge is 2.16. The van der Waals surface area contributed by atoms with Gasteiger partial charge in [-0.05, 0) is 49.2 Å². The molecule has 0 atom stereocenters. The summed E-state index contributed by atoms with van der Waals surface area (Å²) < 4.78 is 5.23. The second-order valence-corrected chi connectivity index (χ2v) is 7.47. The summed E-state index contributed by atoms with van der Waals surface area (Å²) in [7, 11) is 0. The van der Waals surface area contributed by atoms with Gasteiger partial charge in [0.15, 0.2) is 6.61 Å². The zero-order chi connectivity index (χ0) is 20.6. The van der Waals surface area contributed by atoms with Crippen molar-refractivity contribution in [2.75, 3.05) is 11.9 Å². The molecule has 6 heteroatoms. The van der Waals surface area contributed by atoms with Crippen molar-refractivity contribution >= 4 is 29.3 Å². The highest BCUT2D eigenvalue weighted by Crippen LogP contribution is 2.29. The van der Waals surface area contributed by atoms with Crippen LogP contribution in [0.2, 0.25) is 0 Å². The van der Waals surface area contributed by atoms with Gasteiger partial charge >= 0.3 is 5.97 Å². The van der Waals surface area contributed by atoms with E-state index in [2.05, 4.69) is 10.3 Å². The molecule has 0 aliphatic rings. The van der Waals surface area contributed by atoms with E-state index in [4.69, 9.17) is 4.74 Å². The SMILES string of the molecule is CCc1ccccc1NC(=O)COC(=O)c1cccnc1Sc1ccc(C)cc1. The normalized spacial score (nSPS) is 10.4. The average Bonchev–Trinajstić information content (AvgIpc) is 2.74. The zero-order valence-electron chi connectivity index (χ0n) is 16.3. The van der Waals surface area contributed by atoms with Crippen LogP contribution in [-0.4, -0.2) is 23.5 Å². The van der Waals surface area contributed by atoms with E-state index in [0.29, 0.717) is 10.6 Å². The summed E-state index contributed by atoms with van der Waals surface area (Å²) in [5, 5.41) is 3.33. The number of amides is 1. The molecule has 2 aromatic carbocycles. The number of rotatable bonds is 7. The summed E-state index contributed by atoms with van der Waals surface area (Å²) in [6.45, 7) is 3.67. The minimum absolute atomic E-state index is 0.333. The monoisotopic (exact) mass is 406 g/mol. The van der Waals surface area contributed by atoms with Gasteiger partial charge in [-0.2, -0.15) is 0 Å². The lowest BCUT2D eigenvalue weighted by molar-refractivity contribution is -0.119. The third kappa shape index (κ3) is 5.68. The van der Waals surface area contributed by atoms with Gasteiger partial charge in [-0.15, -0.1) is 0 Å². The Morgan fingerprint density at radius 3 is 2.55 bits per heavy atom. The summed E-state index contributed by atoms with van der Waals surface area (Å²) in [4.78, 5) is 30.0. The van der Waals surface area contributed by atoms with Gasteiger partial charge in [0, 0.05) is 16.8 Å². The number of hydrogen-bond donors (Lipinski definition) is 1. The molecule has 1 N–H and O–H groups in total. The van der Waals surface area contributed by atoms with E-state index in [1.165, 1.54) is 11.8 Å². The molecule has 0 saturated carbocycles. The van der Waals surface area contributed by atoms with E-state index < -0.39 is 5.97 Å². The Kier molecular flexibility index (Phi) is 7.03. The van der Waals surface area contributed by atoms with Crippen LogP contribution >= 0.6 is 11.8 Å². The van der Waals surface area contributed by atoms with Gasteiger partial charge in [-0.25, -0.2) is 9.78 Å². The first-order valence-electron chi connectivity index (χ1n) is 9.31. The molecule has 0 aliphatic carbocycles. The lowest BCUT2D eigenvalue weighted by Gasteiger charge is -2.11. The number of anilines is 1. The fourth-order valence-electron chi connectivity index (χ4n) is 2.69. The Hall–Kier alpha value is -3.12. The Labute approximate surface area is 174 Å². The molecule has 29 heavy (non-hydrogen) atoms. The molecular weight excluding hydrogens is 384 g/mol. The molecule has 1 aromatic heterocycles. The van der Waals surface area contributed by atoms with Crippen molar-refractivity contribution in [3.8, 4) is 0 Å². The molecule has 3 aromatic rings. The maximum atomic E-state index is 12.5. The summed E-state index contributed by atoms with van der Waals surface area (Å²) in [6.07, 6.45) is 2.42. The molecule has 0 spiro atoms. The average molecular weight is 407 g/mol. The number of carbonyl (C=O) groups is 2. The summed E-state index contributed by atoms with van der Waals surface area (Å²) in [5.41, 5.74) is 3.25. The lowest BCUT2D eigenvalue weighted by Crippen LogP contribution is -2.21. The van der Waals surface area contributed by atoms with Crippen LogP contribution in [0.5, 0.6) is 0 Å². The molecule has 0 fully saturated rings. The molecule has 148 valence electrons. The summed E-state index contributed by atoms with van der Waals surface area (Å²) >= 11 is 1.38. The minimum Gasteiger partial charge on any atom is -0.452 e. The second-order valence-electron chi connectivity index (χ2n) is 6.41. The predicted molar refractivity (Wildman–Crippen MR) is 114 cm³/mol. The summed E-state index contributed by atoms with van der Waals surface area (Å²) in [6, 6.07) is 18.8. The van der Waals surface area contributed by atoms with E-state index in [0.717, 1.165) is 28.1 Å². The van der Waals surface area contributed by atoms with Crippen LogP contribution in [-0.2, 0) is 16.0 Å². The van der Waals surface area contributed by atoms with Crippen molar-refractivity contribution < 1.29 is 14.3 Å². The van der Waals surface area contributed by atoms with Crippen molar-refractivity contribution in [1.82, 2.24) is 4.98 Å². The third-order valence-corrected chi connectivity index (χ3v) is 5.26. The zero-order valence-corrected chi connectivity index (χ0v) is 17.2. The number of pyridine rings is 1. The topological polar surface area (TPSA) is 68.3 Å². The lowest BCUT2D eigenvalue weighted by atomic mass is 10.1. The number of nitrogens with one attached hydrogen (secondary N) is 1. The molecule has 5 nitrogen and oxygen atoms in total. The Morgan fingerprint density at radius 2 is 1.79 bits per heavy atom. The van der Waals surface area contributed by atoms with Crippen molar-refractivity contribution in [3.05, 3.63) is 83.6 Å². The quantitative estimate of drug-likeness (QED) is 0.565. The second kappa shape index (κ2) is 9.89. The molecule has 0 bridgehead atoms. The van der Waals surface area contributed by atoms with Crippen molar-refractivity contribution in [2.24, 2.45) is 0 Å². The number of nitrogens with zero attached hydrogens (tertiary/aromatic N) is 1. The van der Waals surface area contributed by atoms with Crippen LogP contribution in [0.3, 0.4) is 0 Å². The van der Waals surface area contributed by atoms with Gasteiger partial charge in [0.25, 0.3) is 5.91 Å². The fourth-order valence-corrected chi connectivity index (χ4v) is 3.56. The minimum atomic E-state index is -0.577. The first kappa shape index (κ1) is 20.6. The first-order valence-corrected chi connectivity index (χ1v) is 10.1. The molecule has 0 unspecified atom stereocenters. The number of benzene rings is 2. The van der Waals surface area contributed by atoms with E-state index in [-0.39, 0.29) is 12.5 Å². The number of ether oxygens (including phenoxy) is 1. The third-order valence-electron chi connectivity index (χ3n) is 4.23. The van der Waals surface area contributed by atoms with Crippen LogP contribution in [0.25, 0.3) is 0 Å². The Balaban J connectivity index is 1.63. The van der Waals surface area contributed by atoms with Gasteiger partial charge in [0.05, 0.1) is 5.56 Å². The molecule has 3 rings (SSSR count). The molecule has 0 aliphatic heterocycles. The number of para-hydroxylation sites is 1. The standard InChI is InChI=1S/C23H22N2O3S/c1-3-17-7-4-5-9-20(17)25-21(26)15-28-23(27)19-8-6-14-24-22(19)29-18-12-10-16(2)11-13-18/h4-14H,3,15H2,1-2H3,(H,25,26). The number of esters is 1. The van der Waals surface area contributed by atoms with Crippen LogP contribution in [0.15, 0.2) is 76.8 Å². The largest absolute Gasteiger partial charge is 0.452 e. The predicted octanol–water partition coefficient (Wildman–Crippen LogP) is 4.90. The van der Waals surface area contributed by atoms with E-state index in [9.17, 15) is 9.59 Å². The van der Waals surface area contributed by atoms with Crippen LogP contribution in [0, 0.1) is 6.92 Å². The van der Waals surface area contributed by atoms with E-state index in [1.54, 1.807) is 18.3 Å². The molecular formula is C23H22N2O3S. The summed E-state index contributed by atoms with van der Waals surface area (Å²) in [5.74, 6) is -0.956. The van der Waals surface area contributed by atoms with Crippen molar-refractivity contribution in [3.63, 3.8) is 0 Å². The molecule has 0 saturated heterocycles. The van der Waals surface area contributed by atoms with Crippen molar-refractivity contribution in [1.29, 1.82) is 0 Å². The first-order chi connectivity index (χ1) is 14.1. The molecule has 0 radical (unpaired) electrons. The van der Waals surface area contributed by atoms with Gasteiger partial charge in [0.2, 0.25) is 0 Å². The van der Waals surface area contributed by atoms with Gasteiger partial charge < -0.3 is 10.1 Å². The van der Waals surface area contributed by atoms with E-state index >= 15 is 0 Å².